The van der Waals surface area contributed by atoms with E-state index in [1.165, 1.54) is 12.1 Å². The van der Waals surface area contributed by atoms with E-state index < -0.39 is 11.6 Å². The molecule has 1 heterocycles. The van der Waals surface area contributed by atoms with Crippen LogP contribution in [0.25, 0.3) is 0 Å². The molecular formula is C11H14FNO2. The molecule has 2 rings (SSSR count). The van der Waals surface area contributed by atoms with Crippen LogP contribution in [0.15, 0.2) is 18.2 Å². The largest absolute Gasteiger partial charge is 0.502 e. The van der Waals surface area contributed by atoms with Gasteiger partial charge >= 0.3 is 0 Å². The van der Waals surface area contributed by atoms with Crippen LogP contribution < -0.4 is 10.1 Å². The number of phenolic OH excluding ortho intramolecular Hbond substituents is 1. The Morgan fingerprint density at radius 2 is 2.07 bits per heavy atom. The lowest BCUT2D eigenvalue weighted by Crippen LogP contribution is -2.34. The van der Waals surface area contributed by atoms with E-state index >= 15 is 0 Å². The summed E-state index contributed by atoms with van der Waals surface area (Å²) in [5.41, 5.74) is 0. The lowest BCUT2D eigenvalue weighted by Gasteiger charge is -2.24. The second-order valence-corrected chi connectivity index (χ2v) is 3.65. The molecule has 3 nitrogen and oxygen atoms in total. The van der Waals surface area contributed by atoms with Gasteiger partial charge in [-0.2, -0.15) is 0 Å². The molecule has 1 aliphatic heterocycles. The van der Waals surface area contributed by atoms with Crippen molar-refractivity contribution in [3.63, 3.8) is 0 Å². The van der Waals surface area contributed by atoms with Crippen LogP contribution in [0, 0.1) is 5.82 Å². The molecule has 2 N–H and O–H groups in total. The van der Waals surface area contributed by atoms with Gasteiger partial charge in [0.2, 0.25) is 0 Å². The zero-order valence-corrected chi connectivity index (χ0v) is 8.37. The Balaban J connectivity index is 2.06. The summed E-state index contributed by atoms with van der Waals surface area (Å²) in [7, 11) is 0. The van der Waals surface area contributed by atoms with Crippen LogP contribution >= 0.6 is 0 Å². The minimum absolute atomic E-state index is 0.0685. The monoisotopic (exact) mass is 211 g/mol. The fraction of sp³-hybridized carbons (Fsp3) is 0.455. The van der Waals surface area contributed by atoms with Gasteiger partial charge in [-0.3, -0.25) is 0 Å². The predicted octanol–water partition coefficient (Wildman–Crippen LogP) is 1.66. The van der Waals surface area contributed by atoms with Gasteiger partial charge in [0.15, 0.2) is 17.3 Å². The van der Waals surface area contributed by atoms with Crippen molar-refractivity contribution < 1.29 is 14.2 Å². The highest BCUT2D eigenvalue weighted by molar-refractivity contribution is 5.39. The smallest absolute Gasteiger partial charge is 0.194 e. The first-order chi connectivity index (χ1) is 7.27. The highest BCUT2D eigenvalue weighted by Gasteiger charge is 2.17. The van der Waals surface area contributed by atoms with E-state index in [4.69, 9.17) is 4.74 Å². The quantitative estimate of drug-likeness (QED) is 0.781. The number of phenols is 1. The first-order valence-corrected chi connectivity index (χ1v) is 5.12. The van der Waals surface area contributed by atoms with Crippen molar-refractivity contribution in [3.05, 3.63) is 24.0 Å². The molecule has 1 saturated heterocycles. The van der Waals surface area contributed by atoms with Crippen molar-refractivity contribution in [2.45, 2.75) is 18.9 Å². The highest BCUT2D eigenvalue weighted by atomic mass is 19.1. The van der Waals surface area contributed by atoms with Gasteiger partial charge < -0.3 is 15.2 Å². The summed E-state index contributed by atoms with van der Waals surface area (Å²) in [6, 6.07) is 4.33. The standard InChI is InChI=1S/C11H14FNO2/c12-9-2-1-3-10(11(9)14)15-8-4-6-13-7-5-8/h1-3,8,13-14H,4-7H2. The second-order valence-electron chi connectivity index (χ2n) is 3.65. The molecule has 1 aliphatic rings. The zero-order valence-electron chi connectivity index (χ0n) is 8.37. The number of rotatable bonds is 2. The van der Waals surface area contributed by atoms with E-state index in [2.05, 4.69) is 5.32 Å². The Bertz CT molecular complexity index is 337. The summed E-state index contributed by atoms with van der Waals surface area (Å²) in [6.07, 6.45) is 1.84. The molecule has 0 amide bonds. The third-order valence-corrected chi connectivity index (χ3v) is 2.53. The Kier molecular flexibility index (Phi) is 3.06. The molecule has 0 unspecified atom stereocenters. The van der Waals surface area contributed by atoms with E-state index in [0.717, 1.165) is 25.9 Å². The SMILES string of the molecule is Oc1c(F)cccc1OC1CCNCC1. The number of nitrogens with one attached hydrogen (secondary N) is 1. The summed E-state index contributed by atoms with van der Waals surface area (Å²) >= 11 is 0. The van der Waals surface area contributed by atoms with E-state index in [0.29, 0.717) is 0 Å². The normalized spacial score (nSPS) is 17.7. The van der Waals surface area contributed by atoms with Crippen molar-refractivity contribution in [2.24, 2.45) is 0 Å². The molecule has 1 fully saturated rings. The minimum Gasteiger partial charge on any atom is -0.502 e. The van der Waals surface area contributed by atoms with Crippen LogP contribution in [0.1, 0.15) is 12.8 Å². The molecule has 0 atom stereocenters. The van der Waals surface area contributed by atoms with Gasteiger partial charge in [-0.05, 0) is 38.1 Å². The number of halogens is 1. The molecule has 0 saturated carbocycles. The number of benzene rings is 1. The molecule has 15 heavy (non-hydrogen) atoms. The molecule has 0 radical (unpaired) electrons. The maximum Gasteiger partial charge on any atom is 0.194 e. The summed E-state index contributed by atoms with van der Waals surface area (Å²) in [5.74, 6) is -0.792. The number of para-hydroxylation sites is 1. The Labute approximate surface area is 87.9 Å². The van der Waals surface area contributed by atoms with Crippen LogP contribution in [0.5, 0.6) is 11.5 Å². The van der Waals surface area contributed by atoms with Gasteiger partial charge in [-0.1, -0.05) is 6.07 Å². The summed E-state index contributed by atoms with van der Waals surface area (Å²) in [4.78, 5) is 0. The average molecular weight is 211 g/mol. The molecule has 0 aromatic heterocycles. The maximum absolute atomic E-state index is 13.0. The topological polar surface area (TPSA) is 41.5 Å². The molecule has 1 aromatic rings. The van der Waals surface area contributed by atoms with Gasteiger partial charge in [0.25, 0.3) is 0 Å². The molecule has 0 spiro atoms. The lowest BCUT2D eigenvalue weighted by atomic mass is 10.1. The molecule has 4 heteroatoms. The number of aromatic hydroxyl groups is 1. The molecule has 0 aliphatic carbocycles. The maximum atomic E-state index is 13.0. The number of piperidine rings is 1. The van der Waals surface area contributed by atoms with Gasteiger partial charge in [0.05, 0.1) is 0 Å². The van der Waals surface area contributed by atoms with Gasteiger partial charge in [0.1, 0.15) is 6.10 Å². The van der Waals surface area contributed by atoms with E-state index in [-0.39, 0.29) is 11.9 Å². The third kappa shape index (κ3) is 2.39. The van der Waals surface area contributed by atoms with Crippen LogP contribution in [-0.4, -0.2) is 24.3 Å². The predicted molar refractivity (Wildman–Crippen MR) is 54.6 cm³/mol. The van der Waals surface area contributed by atoms with Crippen LogP contribution in [0.2, 0.25) is 0 Å². The fourth-order valence-electron chi connectivity index (χ4n) is 1.68. The molecule has 82 valence electrons. The lowest BCUT2D eigenvalue weighted by molar-refractivity contribution is 0.156. The van der Waals surface area contributed by atoms with Crippen molar-refractivity contribution >= 4 is 0 Å². The van der Waals surface area contributed by atoms with Gasteiger partial charge in [-0.25, -0.2) is 4.39 Å². The summed E-state index contributed by atoms with van der Waals surface area (Å²) in [6.45, 7) is 1.81. The van der Waals surface area contributed by atoms with Crippen LogP contribution in [-0.2, 0) is 0 Å². The van der Waals surface area contributed by atoms with E-state index in [1.807, 2.05) is 0 Å². The number of hydrogen-bond acceptors (Lipinski definition) is 3. The second kappa shape index (κ2) is 4.49. The van der Waals surface area contributed by atoms with Crippen molar-refractivity contribution in [2.75, 3.05) is 13.1 Å². The fourth-order valence-corrected chi connectivity index (χ4v) is 1.68. The number of hydrogen-bond donors (Lipinski definition) is 2. The first-order valence-electron chi connectivity index (χ1n) is 5.12. The first kappa shape index (κ1) is 10.2. The Morgan fingerprint density at radius 3 is 2.80 bits per heavy atom. The summed E-state index contributed by atoms with van der Waals surface area (Å²) < 4.78 is 18.5. The number of ether oxygens (including phenoxy) is 1. The highest BCUT2D eigenvalue weighted by Crippen LogP contribution is 2.30. The third-order valence-electron chi connectivity index (χ3n) is 2.53. The van der Waals surface area contributed by atoms with E-state index in [9.17, 15) is 9.50 Å². The van der Waals surface area contributed by atoms with Crippen molar-refractivity contribution in [1.82, 2.24) is 5.32 Å². The molecular weight excluding hydrogens is 197 g/mol. The average Bonchev–Trinajstić information content (AvgIpc) is 2.26. The molecule has 0 bridgehead atoms. The van der Waals surface area contributed by atoms with Crippen molar-refractivity contribution in [1.29, 1.82) is 0 Å². The summed E-state index contributed by atoms with van der Waals surface area (Å²) in [5, 5.41) is 12.6. The van der Waals surface area contributed by atoms with E-state index in [1.54, 1.807) is 6.07 Å². The zero-order chi connectivity index (χ0) is 10.7. The van der Waals surface area contributed by atoms with Gasteiger partial charge in [0, 0.05) is 0 Å². The molecule has 1 aromatic carbocycles. The Hall–Kier alpha value is -1.29. The minimum atomic E-state index is -0.638. The van der Waals surface area contributed by atoms with Gasteiger partial charge in [-0.15, -0.1) is 0 Å². The van der Waals surface area contributed by atoms with Crippen molar-refractivity contribution in [3.8, 4) is 11.5 Å². The van der Waals surface area contributed by atoms with Crippen LogP contribution in [0.3, 0.4) is 0 Å². The Morgan fingerprint density at radius 1 is 1.33 bits per heavy atom. The van der Waals surface area contributed by atoms with Crippen LogP contribution in [0.4, 0.5) is 4.39 Å².